The Kier molecular flexibility index (Phi) is 6.11. The molecule has 0 N–H and O–H groups in total. The molecule has 0 radical (unpaired) electrons. The van der Waals surface area contributed by atoms with Gasteiger partial charge in [0.05, 0.1) is 0 Å². The molecule has 49 heavy (non-hydrogen) atoms. The molecule has 0 unspecified atom stereocenters. The van der Waals surface area contributed by atoms with Gasteiger partial charge in [-0.25, -0.2) is 15.0 Å². The summed E-state index contributed by atoms with van der Waals surface area (Å²) in [5, 5.41) is 9.10. The van der Waals surface area contributed by atoms with Gasteiger partial charge in [0.2, 0.25) is 0 Å². The van der Waals surface area contributed by atoms with E-state index in [0.29, 0.717) is 17.5 Å². The van der Waals surface area contributed by atoms with Crippen LogP contribution in [0.2, 0.25) is 0 Å². The molecule has 0 atom stereocenters. The number of fused-ring (bicyclic) bond motifs is 8. The molecule has 228 valence electrons. The van der Waals surface area contributed by atoms with E-state index in [2.05, 4.69) is 72.8 Å². The summed E-state index contributed by atoms with van der Waals surface area (Å²) in [4.78, 5) is 19.9. The highest BCUT2D eigenvalue weighted by atomic mass is 16.3. The van der Waals surface area contributed by atoms with E-state index in [9.17, 15) is 0 Å². The van der Waals surface area contributed by atoms with Crippen LogP contribution in [0.4, 0.5) is 0 Å². The predicted octanol–water partition coefficient (Wildman–Crippen LogP) is 11.3. The second-order valence-electron chi connectivity index (χ2n) is 12.2. The fraction of sp³-hybridized carbons (Fsp3) is 0. The van der Waals surface area contributed by atoms with Gasteiger partial charge >= 0.3 is 0 Å². The molecule has 3 heterocycles. The van der Waals surface area contributed by atoms with E-state index in [1.165, 1.54) is 21.5 Å². The smallest absolute Gasteiger partial charge is 0.164 e. The van der Waals surface area contributed by atoms with E-state index >= 15 is 0 Å². The van der Waals surface area contributed by atoms with Crippen molar-refractivity contribution in [2.45, 2.75) is 0 Å². The molecule has 0 fully saturated rings. The van der Waals surface area contributed by atoms with Gasteiger partial charge in [-0.3, -0.25) is 4.98 Å². The number of benzene rings is 7. The quantitative estimate of drug-likeness (QED) is 0.182. The zero-order chi connectivity index (χ0) is 32.3. The Morgan fingerprint density at radius 1 is 0.408 bits per heavy atom. The van der Waals surface area contributed by atoms with Crippen LogP contribution in [0.25, 0.3) is 99.7 Å². The number of pyridine rings is 1. The summed E-state index contributed by atoms with van der Waals surface area (Å²) >= 11 is 0. The van der Waals surface area contributed by atoms with Crippen LogP contribution >= 0.6 is 0 Å². The van der Waals surface area contributed by atoms with Crippen LogP contribution in [0.3, 0.4) is 0 Å². The van der Waals surface area contributed by atoms with Crippen molar-refractivity contribution in [2.75, 3.05) is 0 Å². The maximum atomic E-state index is 6.73. The van der Waals surface area contributed by atoms with Crippen LogP contribution < -0.4 is 0 Å². The molecule has 5 heteroatoms. The van der Waals surface area contributed by atoms with Crippen LogP contribution in [0.15, 0.2) is 162 Å². The van der Waals surface area contributed by atoms with Gasteiger partial charge in [0.1, 0.15) is 11.3 Å². The van der Waals surface area contributed by atoms with E-state index in [0.717, 1.165) is 60.7 Å². The lowest BCUT2D eigenvalue weighted by molar-refractivity contribution is 0.668. The summed E-state index contributed by atoms with van der Waals surface area (Å²) < 4.78 is 6.73. The molecule has 0 aliphatic carbocycles. The summed E-state index contributed by atoms with van der Waals surface area (Å²) in [6, 6.07) is 52.0. The van der Waals surface area contributed by atoms with Gasteiger partial charge in [0.15, 0.2) is 23.1 Å². The SMILES string of the molecule is c1ccc(-c2nc(-c3ccccc3)nc(-c3cccc4oc5c(-c6cc7ccc8ccccc8c7c7ccccc67)nccc5c34)n2)cc1. The maximum Gasteiger partial charge on any atom is 0.164 e. The van der Waals surface area contributed by atoms with E-state index in [1.807, 2.05) is 85.1 Å². The third-order valence-electron chi connectivity index (χ3n) is 9.36. The van der Waals surface area contributed by atoms with Crippen molar-refractivity contribution in [3.05, 3.63) is 158 Å². The largest absolute Gasteiger partial charge is 0.454 e. The van der Waals surface area contributed by atoms with Crippen molar-refractivity contribution >= 4 is 54.3 Å². The minimum atomic E-state index is 0.586. The lowest BCUT2D eigenvalue weighted by Gasteiger charge is -2.13. The minimum absolute atomic E-state index is 0.586. The highest BCUT2D eigenvalue weighted by molar-refractivity contribution is 6.24. The molecule has 0 amide bonds. The molecule has 10 aromatic rings. The number of hydrogen-bond acceptors (Lipinski definition) is 5. The fourth-order valence-corrected chi connectivity index (χ4v) is 7.13. The van der Waals surface area contributed by atoms with Crippen molar-refractivity contribution < 1.29 is 4.42 Å². The van der Waals surface area contributed by atoms with Gasteiger partial charge in [-0.1, -0.05) is 133 Å². The van der Waals surface area contributed by atoms with Crippen LogP contribution in [-0.4, -0.2) is 19.9 Å². The summed E-state index contributed by atoms with van der Waals surface area (Å²) in [7, 11) is 0. The van der Waals surface area contributed by atoms with Gasteiger partial charge in [-0.15, -0.1) is 0 Å². The first kappa shape index (κ1) is 27.4. The monoisotopic (exact) mass is 626 g/mol. The van der Waals surface area contributed by atoms with Gasteiger partial charge in [0.25, 0.3) is 0 Å². The van der Waals surface area contributed by atoms with Crippen molar-refractivity contribution in [3.63, 3.8) is 0 Å². The zero-order valence-electron chi connectivity index (χ0n) is 26.2. The molecule has 0 aliphatic heterocycles. The lowest BCUT2D eigenvalue weighted by atomic mass is 9.92. The van der Waals surface area contributed by atoms with Crippen molar-refractivity contribution in [1.82, 2.24) is 19.9 Å². The van der Waals surface area contributed by atoms with Crippen LogP contribution in [-0.2, 0) is 0 Å². The fourth-order valence-electron chi connectivity index (χ4n) is 7.13. The second-order valence-corrected chi connectivity index (χ2v) is 12.2. The highest BCUT2D eigenvalue weighted by Gasteiger charge is 2.21. The number of hydrogen-bond donors (Lipinski definition) is 0. The zero-order valence-corrected chi connectivity index (χ0v) is 26.2. The number of aromatic nitrogens is 4. The molecular weight excluding hydrogens is 601 g/mol. The normalized spacial score (nSPS) is 11.7. The van der Waals surface area contributed by atoms with Gasteiger partial charge in [-0.2, -0.15) is 0 Å². The Labute approximate surface area is 281 Å². The summed E-state index contributed by atoms with van der Waals surface area (Å²) in [5.74, 6) is 1.82. The Morgan fingerprint density at radius 2 is 1.04 bits per heavy atom. The standard InChI is InChI=1S/C44H26N4O/c1-3-13-28(14-4-1)42-46-43(29-15-5-2-6-16-29)48-44(47-42)35-20-11-21-37-39(35)34-24-25-45-40(41(34)49-37)36-26-30-23-22-27-12-7-8-17-31(27)38(30)33-19-10-9-18-32(33)36/h1-26H. The molecule has 7 aromatic carbocycles. The van der Waals surface area contributed by atoms with E-state index in [4.69, 9.17) is 24.4 Å². The summed E-state index contributed by atoms with van der Waals surface area (Å²) in [5.41, 5.74) is 6.04. The molecule has 0 aliphatic rings. The Balaban J connectivity index is 1.23. The molecule has 3 aromatic heterocycles. The average Bonchev–Trinajstić information content (AvgIpc) is 3.57. The van der Waals surface area contributed by atoms with Gasteiger partial charge in [0, 0.05) is 39.2 Å². The predicted molar refractivity (Wildman–Crippen MR) is 199 cm³/mol. The average molecular weight is 627 g/mol. The third kappa shape index (κ3) is 4.40. The highest BCUT2D eigenvalue weighted by Crippen LogP contribution is 2.43. The van der Waals surface area contributed by atoms with Crippen LogP contribution in [0.1, 0.15) is 0 Å². The topological polar surface area (TPSA) is 64.7 Å². The lowest BCUT2D eigenvalue weighted by Crippen LogP contribution is -2.00. The van der Waals surface area contributed by atoms with E-state index < -0.39 is 0 Å². The maximum absolute atomic E-state index is 6.73. The molecular formula is C44H26N4O. The molecule has 0 saturated heterocycles. The third-order valence-corrected chi connectivity index (χ3v) is 9.36. The van der Waals surface area contributed by atoms with Gasteiger partial charge in [-0.05, 0) is 50.5 Å². The number of rotatable bonds is 4. The number of nitrogens with zero attached hydrogens (tertiary/aromatic N) is 4. The first-order valence-electron chi connectivity index (χ1n) is 16.3. The number of furan rings is 1. The van der Waals surface area contributed by atoms with Crippen LogP contribution in [0, 0.1) is 0 Å². The Hall–Kier alpha value is -6.72. The Morgan fingerprint density at radius 3 is 1.80 bits per heavy atom. The molecule has 0 saturated carbocycles. The Bertz CT molecular complexity index is 2820. The molecule has 0 spiro atoms. The summed E-state index contributed by atoms with van der Waals surface area (Å²) in [6.07, 6.45) is 1.88. The molecule has 0 bridgehead atoms. The minimum Gasteiger partial charge on any atom is -0.454 e. The van der Waals surface area contributed by atoms with E-state index in [-0.39, 0.29) is 0 Å². The second kappa shape index (κ2) is 10.9. The first-order valence-corrected chi connectivity index (χ1v) is 16.3. The van der Waals surface area contributed by atoms with Crippen molar-refractivity contribution in [2.24, 2.45) is 0 Å². The first-order chi connectivity index (χ1) is 24.3. The van der Waals surface area contributed by atoms with E-state index in [1.54, 1.807) is 0 Å². The molecule has 5 nitrogen and oxygen atoms in total. The van der Waals surface area contributed by atoms with Gasteiger partial charge < -0.3 is 4.42 Å². The van der Waals surface area contributed by atoms with Crippen molar-refractivity contribution in [1.29, 1.82) is 0 Å². The van der Waals surface area contributed by atoms with Crippen molar-refractivity contribution in [3.8, 4) is 45.4 Å². The van der Waals surface area contributed by atoms with Crippen LogP contribution in [0.5, 0.6) is 0 Å². The molecule has 10 rings (SSSR count). The summed E-state index contributed by atoms with van der Waals surface area (Å²) in [6.45, 7) is 0.